The quantitative estimate of drug-likeness (QED) is 0.617. The SMILES string of the molecule is O=C(Nc1nc(-c2ccc3c(c2)OCCO3)cs1)C1=NN(Cc2ccc(F)cc2)C(=O)CC1. The maximum absolute atomic E-state index is 13.1. The average Bonchev–Trinajstić information content (AvgIpc) is 3.30. The lowest BCUT2D eigenvalue weighted by molar-refractivity contribution is -0.132. The van der Waals surface area contributed by atoms with E-state index in [1.807, 2.05) is 23.6 Å². The summed E-state index contributed by atoms with van der Waals surface area (Å²) in [7, 11) is 0. The van der Waals surface area contributed by atoms with E-state index in [0.717, 1.165) is 11.1 Å². The van der Waals surface area contributed by atoms with Crippen LogP contribution in [0.1, 0.15) is 18.4 Å². The van der Waals surface area contributed by atoms with Gasteiger partial charge in [-0.15, -0.1) is 11.3 Å². The Balaban J connectivity index is 1.28. The number of hydrogen-bond acceptors (Lipinski definition) is 7. The van der Waals surface area contributed by atoms with Crippen molar-refractivity contribution in [2.24, 2.45) is 5.10 Å². The molecule has 3 aromatic rings. The molecule has 2 amide bonds. The number of nitrogens with one attached hydrogen (secondary N) is 1. The zero-order valence-corrected chi connectivity index (χ0v) is 18.2. The van der Waals surface area contributed by atoms with Crippen molar-refractivity contribution in [1.29, 1.82) is 0 Å². The van der Waals surface area contributed by atoms with Gasteiger partial charge in [0.25, 0.3) is 5.91 Å². The lowest BCUT2D eigenvalue weighted by Crippen LogP contribution is -2.36. The number of amides is 2. The first-order chi connectivity index (χ1) is 16.0. The van der Waals surface area contributed by atoms with Crippen LogP contribution in [0.2, 0.25) is 0 Å². The van der Waals surface area contributed by atoms with Crippen LogP contribution in [0.3, 0.4) is 0 Å². The Hall–Kier alpha value is -3.79. The van der Waals surface area contributed by atoms with Crippen molar-refractivity contribution in [3.05, 3.63) is 59.2 Å². The fourth-order valence-corrected chi connectivity index (χ4v) is 4.20. The van der Waals surface area contributed by atoms with E-state index in [4.69, 9.17) is 9.47 Å². The molecule has 0 unspecified atom stereocenters. The summed E-state index contributed by atoms with van der Waals surface area (Å²) < 4.78 is 24.3. The van der Waals surface area contributed by atoms with Crippen LogP contribution in [0.15, 0.2) is 52.9 Å². The summed E-state index contributed by atoms with van der Waals surface area (Å²) in [6, 6.07) is 11.4. The van der Waals surface area contributed by atoms with Crippen LogP contribution >= 0.6 is 11.3 Å². The largest absolute Gasteiger partial charge is 0.486 e. The Morgan fingerprint density at radius 1 is 1.09 bits per heavy atom. The number of thiazole rings is 1. The summed E-state index contributed by atoms with van der Waals surface area (Å²) in [6.45, 7) is 1.19. The monoisotopic (exact) mass is 466 g/mol. The molecule has 168 valence electrons. The highest BCUT2D eigenvalue weighted by Crippen LogP contribution is 2.35. The number of aromatic nitrogens is 1. The molecule has 0 atom stereocenters. The molecule has 2 aliphatic rings. The predicted octanol–water partition coefficient (Wildman–Crippen LogP) is 3.84. The van der Waals surface area contributed by atoms with E-state index in [1.165, 1.54) is 28.5 Å². The second kappa shape index (κ2) is 8.99. The molecule has 3 heterocycles. The number of carbonyl (C=O) groups excluding carboxylic acids is 2. The van der Waals surface area contributed by atoms with E-state index in [0.29, 0.717) is 35.5 Å². The van der Waals surface area contributed by atoms with Gasteiger partial charge >= 0.3 is 0 Å². The zero-order valence-electron chi connectivity index (χ0n) is 17.4. The molecule has 0 saturated heterocycles. The summed E-state index contributed by atoms with van der Waals surface area (Å²) in [5.74, 6) is 0.413. The number of ether oxygens (including phenoxy) is 2. The van der Waals surface area contributed by atoms with E-state index < -0.39 is 5.91 Å². The van der Waals surface area contributed by atoms with E-state index in [-0.39, 0.29) is 36.8 Å². The van der Waals surface area contributed by atoms with Crippen LogP contribution in [-0.2, 0) is 16.1 Å². The molecule has 33 heavy (non-hydrogen) atoms. The number of rotatable bonds is 5. The minimum atomic E-state index is -0.408. The van der Waals surface area contributed by atoms with Gasteiger partial charge in [0.2, 0.25) is 5.91 Å². The normalized spacial score (nSPS) is 15.2. The van der Waals surface area contributed by atoms with Crippen LogP contribution in [0.25, 0.3) is 11.3 Å². The third-order valence-corrected chi connectivity index (χ3v) is 5.93. The Morgan fingerprint density at radius 2 is 1.88 bits per heavy atom. The lowest BCUT2D eigenvalue weighted by atomic mass is 10.1. The summed E-state index contributed by atoms with van der Waals surface area (Å²) in [5, 5.41) is 10.5. The van der Waals surface area contributed by atoms with Gasteiger partial charge in [0.1, 0.15) is 24.7 Å². The van der Waals surface area contributed by atoms with Crippen molar-refractivity contribution in [3.63, 3.8) is 0 Å². The first kappa shape index (κ1) is 21.1. The fraction of sp³-hybridized carbons (Fsp3) is 0.217. The smallest absolute Gasteiger partial charge is 0.273 e. The fourth-order valence-electron chi connectivity index (χ4n) is 3.49. The van der Waals surface area contributed by atoms with Gasteiger partial charge in [0, 0.05) is 23.8 Å². The highest BCUT2D eigenvalue weighted by Gasteiger charge is 2.25. The predicted molar refractivity (Wildman–Crippen MR) is 121 cm³/mol. The second-order valence-corrected chi connectivity index (χ2v) is 8.33. The van der Waals surface area contributed by atoms with Crippen LogP contribution in [0.5, 0.6) is 11.5 Å². The number of halogens is 1. The molecule has 0 aliphatic carbocycles. The maximum Gasteiger partial charge on any atom is 0.273 e. The third-order valence-electron chi connectivity index (χ3n) is 5.18. The number of benzene rings is 2. The number of anilines is 1. The first-order valence-corrected chi connectivity index (χ1v) is 11.2. The summed E-state index contributed by atoms with van der Waals surface area (Å²) in [5.41, 5.74) is 2.51. The van der Waals surface area contributed by atoms with Crippen LogP contribution < -0.4 is 14.8 Å². The molecule has 0 saturated carbocycles. The molecular formula is C23H19FN4O4S. The zero-order chi connectivity index (χ0) is 22.8. The van der Waals surface area contributed by atoms with Gasteiger partial charge in [-0.3, -0.25) is 14.9 Å². The standard InChI is InChI=1S/C23H19FN4O4S/c24-16-4-1-14(2-5-16)12-28-21(29)8-6-17(27-28)22(30)26-23-25-18(13-33-23)15-3-7-19-20(11-15)32-10-9-31-19/h1-5,7,11,13H,6,8-10,12H2,(H,25,26,30). The number of fused-ring (bicyclic) bond motifs is 1. The molecule has 0 radical (unpaired) electrons. The molecular weight excluding hydrogens is 447 g/mol. The van der Waals surface area contributed by atoms with Crippen molar-refractivity contribution < 1.29 is 23.5 Å². The highest BCUT2D eigenvalue weighted by molar-refractivity contribution is 7.14. The van der Waals surface area contributed by atoms with Crippen LogP contribution in [-0.4, -0.2) is 40.7 Å². The summed E-state index contributed by atoms with van der Waals surface area (Å²) >= 11 is 1.29. The van der Waals surface area contributed by atoms with Crippen LogP contribution in [0, 0.1) is 5.82 Å². The Bertz CT molecular complexity index is 1240. The molecule has 1 N–H and O–H groups in total. The number of carbonyl (C=O) groups is 2. The summed E-state index contributed by atoms with van der Waals surface area (Å²) in [6.07, 6.45) is 0.415. The molecule has 0 spiro atoms. The van der Waals surface area contributed by atoms with Gasteiger partial charge in [-0.2, -0.15) is 5.10 Å². The third kappa shape index (κ3) is 4.70. The van der Waals surface area contributed by atoms with Gasteiger partial charge in [0.05, 0.1) is 12.2 Å². The van der Waals surface area contributed by atoms with Crippen molar-refractivity contribution in [2.45, 2.75) is 19.4 Å². The molecule has 8 nitrogen and oxygen atoms in total. The minimum Gasteiger partial charge on any atom is -0.486 e. The first-order valence-electron chi connectivity index (χ1n) is 10.3. The van der Waals surface area contributed by atoms with Crippen molar-refractivity contribution in [3.8, 4) is 22.8 Å². The number of hydrazone groups is 1. The molecule has 0 fully saturated rings. The topological polar surface area (TPSA) is 93.1 Å². The van der Waals surface area contributed by atoms with E-state index in [2.05, 4.69) is 15.4 Å². The Morgan fingerprint density at radius 3 is 2.70 bits per heavy atom. The average molecular weight is 466 g/mol. The van der Waals surface area contributed by atoms with Crippen LogP contribution in [0.4, 0.5) is 9.52 Å². The van der Waals surface area contributed by atoms with Crippen molar-refractivity contribution >= 4 is 34.0 Å². The van der Waals surface area contributed by atoms with Crippen molar-refractivity contribution in [2.75, 3.05) is 18.5 Å². The lowest BCUT2D eigenvalue weighted by Gasteiger charge is -2.23. The molecule has 1 aromatic heterocycles. The number of hydrogen-bond donors (Lipinski definition) is 1. The number of nitrogens with zero attached hydrogens (tertiary/aromatic N) is 3. The molecule has 2 aliphatic heterocycles. The Kier molecular flexibility index (Phi) is 5.74. The van der Waals surface area contributed by atoms with E-state index in [1.54, 1.807) is 12.1 Å². The van der Waals surface area contributed by atoms with Gasteiger partial charge in [-0.1, -0.05) is 12.1 Å². The van der Waals surface area contributed by atoms with Gasteiger partial charge in [-0.25, -0.2) is 14.4 Å². The molecule has 2 aromatic carbocycles. The Labute approximate surface area is 192 Å². The molecule has 10 heteroatoms. The van der Waals surface area contributed by atoms with E-state index >= 15 is 0 Å². The van der Waals surface area contributed by atoms with E-state index in [9.17, 15) is 14.0 Å². The van der Waals surface area contributed by atoms with Gasteiger partial charge < -0.3 is 9.47 Å². The highest BCUT2D eigenvalue weighted by atomic mass is 32.1. The molecule has 0 bridgehead atoms. The van der Waals surface area contributed by atoms with Gasteiger partial charge in [0.15, 0.2) is 16.6 Å². The second-order valence-electron chi connectivity index (χ2n) is 7.48. The maximum atomic E-state index is 13.1. The van der Waals surface area contributed by atoms with Gasteiger partial charge in [-0.05, 0) is 35.9 Å². The van der Waals surface area contributed by atoms with Crippen molar-refractivity contribution in [1.82, 2.24) is 9.99 Å². The molecule has 5 rings (SSSR count). The summed E-state index contributed by atoms with van der Waals surface area (Å²) in [4.78, 5) is 29.5. The minimum absolute atomic E-state index is 0.168.